The molecule has 0 aliphatic rings. The van der Waals surface area contributed by atoms with Gasteiger partial charge in [-0.25, -0.2) is 9.97 Å². The fraction of sp³-hybridized carbons (Fsp3) is 0.143. The number of H-pyrrole nitrogens is 2. The van der Waals surface area contributed by atoms with Crippen molar-refractivity contribution < 1.29 is 4.74 Å². The van der Waals surface area contributed by atoms with Gasteiger partial charge in [0, 0.05) is 11.5 Å². The quantitative estimate of drug-likeness (QED) is 0.113. The largest absolute Gasteiger partial charge is 0.489 e. The molecule has 6 N–H and O–H groups in total. The normalized spacial score (nSPS) is 10.9. The lowest BCUT2D eigenvalue weighted by atomic mass is 9.86. The summed E-state index contributed by atoms with van der Waals surface area (Å²) >= 11 is 2.57. The number of anilines is 2. The van der Waals surface area contributed by atoms with Crippen LogP contribution in [0.4, 0.5) is 11.6 Å². The molecule has 2 aromatic heterocycles. The van der Waals surface area contributed by atoms with Crippen LogP contribution in [0, 0.1) is 0 Å². The summed E-state index contributed by atoms with van der Waals surface area (Å²) in [6.07, 6.45) is 3.38. The summed E-state index contributed by atoms with van der Waals surface area (Å²) in [5.41, 5.74) is 13.5. The number of nitrogens with zero attached hydrogens (tertiary/aromatic N) is 2. The highest BCUT2D eigenvalue weighted by Gasteiger charge is 2.29. The molecule has 0 amide bonds. The van der Waals surface area contributed by atoms with Gasteiger partial charge < -0.3 is 26.2 Å². The van der Waals surface area contributed by atoms with Gasteiger partial charge in [-0.05, 0) is 23.3 Å². The van der Waals surface area contributed by atoms with Crippen LogP contribution in [0.1, 0.15) is 28.2 Å². The first kappa shape index (κ1) is 27.8. The lowest BCUT2D eigenvalue weighted by Crippen LogP contribution is -2.28. The van der Waals surface area contributed by atoms with Crippen LogP contribution < -0.4 is 27.3 Å². The lowest BCUT2D eigenvalue weighted by molar-refractivity contribution is 0.306. The van der Waals surface area contributed by atoms with Gasteiger partial charge in [0.25, 0.3) is 11.1 Å². The van der Waals surface area contributed by atoms with E-state index in [1.54, 1.807) is 36.4 Å². The minimum atomic E-state index is -0.933. The third-order valence-electron chi connectivity index (χ3n) is 5.64. The molecule has 39 heavy (non-hydrogen) atoms. The molecule has 0 saturated carbocycles. The van der Waals surface area contributed by atoms with Crippen molar-refractivity contribution in [3.05, 3.63) is 123 Å². The van der Waals surface area contributed by atoms with E-state index in [1.807, 2.05) is 30.3 Å². The van der Waals surface area contributed by atoms with Gasteiger partial charge >= 0.3 is 0 Å². The lowest BCUT2D eigenvalue weighted by Gasteiger charge is -2.20. The van der Waals surface area contributed by atoms with Gasteiger partial charge in [0.15, 0.2) is 10.3 Å². The summed E-state index contributed by atoms with van der Waals surface area (Å²) in [5, 5.41) is 0.696. The first-order valence-electron chi connectivity index (χ1n) is 11.9. The SMILES string of the molecule is C=CCSc1nc(N)c(C(c2ccc(OCc3ccccc3)cc2)c2c(N)nc(SCC=C)[nH]c2=O)c(=O)[nH]1. The van der Waals surface area contributed by atoms with Crippen molar-refractivity contribution in [2.75, 3.05) is 23.0 Å². The fourth-order valence-electron chi connectivity index (χ4n) is 3.90. The molecule has 0 aliphatic carbocycles. The number of aromatic nitrogens is 4. The van der Waals surface area contributed by atoms with E-state index in [0.717, 1.165) is 5.56 Å². The number of aromatic amines is 2. The topological polar surface area (TPSA) is 153 Å². The Hall–Kier alpha value is -4.22. The fourth-order valence-corrected chi connectivity index (χ4v) is 5.11. The molecule has 9 nitrogen and oxygen atoms in total. The van der Waals surface area contributed by atoms with Crippen LogP contribution in [0.3, 0.4) is 0 Å². The second kappa shape index (κ2) is 13.0. The number of nitrogen functional groups attached to an aromatic ring is 2. The third-order valence-corrected chi connectivity index (χ3v) is 7.38. The number of benzene rings is 2. The van der Waals surface area contributed by atoms with Gasteiger partial charge in [-0.3, -0.25) is 9.59 Å². The van der Waals surface area contributed by atoms with Crippen molar-refractivity contribution in [3.63, 3.8) is 0 Å². The van der Waals surface area contributed by atoms with Gasteiger partial charge in [-0.2, -0.15) is 0 Å². The van der Waals surface area contributed by atoms with E-state index in [-0.39, 0.29) is 22.8 Å². The molecule has 4 rings (SSSR count). The Balaban J connectivity index is 1.77. The first-order valence-corrected chi connectivity index (χ1v) is 13.9. The zero-order chi connectivity index (χ0) is 27.8. The number of hydrogen-bond donors (Lipinski definition) is 4. The van der Waals surface area contributed by atoms with E-state index in [9.17, 15) is 9.59 Å². The van der Waals surface area contributed by atoms with E-state index in [0.29, 0.717) is 39.7 Å². The molecule has 0 unspecified atom stereocenters. The average molecular weight is 561 g/mol. The Labute approximate surface area is 233 Å². The predicted octanol–water partition coefficient (Wildman–Crippen LogP) is 4.33. The average Bonchev–Trinajstić information content (AvgIpc) is 2.93. The van der Waals surface area contributed by atoms with Crippen molar-refractivity contribution in [2.45, 2.75) is 22.8 Å². The van der Waals surface area contributed by atoms with Gasteiger partial charge in [0.1, 0.15) is 24.0 Å². The molecule has 4 aromatic rings. The summed E-state index contributed by atoms with van der Waals surface area (Å²) in [6, 6.07) is 16.9. The molecule has 0 fully saturated rings. The van der Waals surface area contributed by atoms with Crippen LogP contribution in [0.5, 0.6) is 5.75 Å². The second-order valence-electron chi connectivity index (χ2n) is 8.32. The minimum Gasteiger partial charge on any atom is -0.489 e. The van der Waals surface area contributed by atoms with E-state index in [1.165, 1.54) is 23.5 Å². The number of rotatable bonds is 12. The standard InChI is InChI=1S/C28H28N6O3S2/c1-3-14-38-27-31-23(29)21(25(35)33-27)20(22-24(30)32-28(34-26(22)36)39-15-4-2)18-10-12-19(13-11-18)37-16-17-8-6-5-7-9-17/h3-13,20H,1-2,14-16H2,(H3,29,31,33,35)(H3,30,32,34,36). The van der Waals surface area contributed by atoms with Crippen molar-refractivity contribution in [3.8, 4) is 5.75 Å². The van der Waals surface area contributed by atoms with Crippen molar-refractivity contribution in [2.24, 2.45) is 0 Å². The smallest absolute Gasteiger partial charge is 0.257 e. The Bertz CT molecular complexity index is 1490. The summed E-state index contributed by atoms with van der Waals surface area (Å²) < 4.78 is 5.91. The third kappa shape index (κ3) is 6.81. The molecule has 0 atom stereocenters. The Morgan fingerprint density at radius 2 is 1.33 bits per heavy atom. The zero-order valence-corrected chi connectivity index (χ0v) is 22.7. The second-order valence-corrected chi connectivity index (χ2v) is 10.3. The van der Waals surface area contributed by atoms with E-state index >= 15 is 0 Å². The van der Waals surface area contributed by atoms with Crippen LogP contribution in [0.25, 0.3) is 0 Å². The molecular weight excluding hydrogens is 532 g/mol. The molecule has 2 aromatic carbocycles. The summed E-state index contributed by atoms with van der Waals surface area (Å²) in [6.45, 7) is 7.75. The maximum Gasteiger partial charge on any atom is 0.257 e. The maximum absolute atomic E-state index is 13.3. The summed E-state index contributed by atoms with van der Waals surface area (Å²) in [7, 11) is 0. The first-order chi connectivity index (χ1) is 18.9. The van der Waals surface area contributed by atoms with Crippen molar-refractivity contribution in [1.29, 1.82) is 0 Å². The van der Waals surface area contributed by atoms with Gasteiger partial charge in [-0.1, -0.05) is 78.1 Å². The molecule has 0 bridgehead atoms. The van der Waals surface area contributed by atoms with Crippen LogP contribution in [0.2, 0.25) is 0 Å². The van der Waals surface area contributed by atoms with Gasteiger partial charge in [-0.15, -0.1) is 13.2 Å². The monoisotopic (exact) mass is 560 g/mol. The highest BCUT2D eigenvalue weighted by molar-refractivity contribution is 7.99. The molecule has 0 radical (unpaired) electrons. The van der Waals surface area contributed by atoms with E-state index in [2.05, 4.69) is 33.1 Å². The molecule has 2 heterocycles. The summed E-state index contributed by atoms with van der Waals surface area (Å²) in [4.78, 5) is 40.9. The number of hydrogen-bond acceptors (Lipinski definition) is 9. The van der Waals surface area contributed by atoms with Crippen LogP contribution >= 0.6 is 23.5 Å². The van der Waals surface area contributed by atoms with Crippen molar-refractivity contribution in [1.82, 2.24) is 19.9 Å². The van der Waals surface area contributed by atoms with Gasteiger partial charge in [0.2, 0.25) is 0 Å². The Kier molecular flexibility index (Phi) is 9.29. The zero-order valence-electron chi connectivity index (χ0n) is 21.1. The number of thioether (sulfide) groups is 2. The van der Waals surface area contributed by atoms with E-state index < -0.39 is 17.0 Å². The van der Waals surface area contributed by atoms with Crippen LogP contribution in [0.15, 0.2) is 99.8 Å². The molecule has 11 heteroatoms. The van der Waals surface area contributed by atoms with E-state index in [4.69, 9.17) is 16.2 Å². The van der Waals surface area contributed by atoms with Crippen LogP contribution in [-0.2, 0) is 6.61 Å². The Morgan fingerprint density at radius 3 is 1.79 bits per heavy atom. The molecule has 0 aliphatic heterocycles. The minimum absolute atomic E-state index is 0.0105. The highest BCUT2D eigenvalue weighted by Crippen LogP contribution is 2.35. The number of nitrogens with two attached hydrogens (primary N) is 2. The molecular formula is C28H28N6O3S2. The highest BCUT2D eigenvalue weighted by atomic mass is 32.2. The van der Waals surface area contributed by atoms with Gasteiger partial charge in [0.05, 0.1) is 17.0 Å². The molecule has 200 valence electrons. The number of nitrogens with one attached hydrogen (secondary N) is 2. The van der Waals surface area contributed by atoms with Crippen molar-refractivity contribution >= 4 is 35.2 Å². The number of ether oxygens (including phenoxy) is 1. The Morgan fingerprint density at radius 1 is 0.821 bits per heavy atom. The predicted molar refractivity (Wildman–Crippen MR) is 159 cm³/mol. The maximum atomic E-state index is 13.3. The van der Waals surface area contributed by atoms with Crippen LogP contribution in [-0.4, -0.2) is 31.4 Å². The summed E-state index contributed by atoms with van der Waals surface area (Å²) in [5.74, 6) is 0.741. The molecule has 0 saturated heterocycles. The molecule has 0 spiro atoms.